The average Bonchev–Trinajstić information content (AvgIpc) is 2.65. The normalized spacial score (nSPS) is 10.5. The minimum atomic E-state index is -0.791. The molecule has 0 spiro atoms. The Morgan fingerprint density at radius 2 is 1.81 bits per heavy atom. The summed E-state index contributed by atoms with van der Waals surface area (Å²) in [5, 5.41) is 16.3. The lowest BCUT2D eigenvalue weighted by Crippen LogP contribution is -2.45. The summed E-state index contributed by atoms with van der Waals surface area (Å²) in [7, 11) is 0. The van der Waals surface area contributed by atoms with Crippen molar-refractivity contribution < 1.29 is 24.2 Å². The van der Waals surface area contributed by atoms with Crippen LogP contribution in [0.25, 0.3) is 0 Å². The van der Waals surface area contributed by atoms with E-state index in [-0.39, 0.29) is 19.8 Å². The van der Waals surface area contributed by atoms with Gasteiger partial charge in [-0.15, -0.1) is 0 Å². The SMILES string of the molecule is C=CCOC(=O)NCC(=O)NC(C)C(=O)Nc1ccc(CO)cc1.CCC. The standard InChI is InChI=1S/C16H21N3O5.C3H8/c1-3-8-24-16(23)17-9-14(21)18-11(2)15(22)19-13-6-4-12(10-20)5-7-13;1-3-2/h3-7,11,20H,1,8-10H2,2H3,(H,17,23)(H,18,21)(H,19,22);3H2,1-2H3. The first-order valence-electron chi connectivity index (χ1n) is 8.69. The van der Waals surface area contributed by atoms with E-state index in [2.05, 4.69) is 41.1 Å². The second-order valence-corrected chi connectivity index (χ2v) is 5.58. The van der Waals surface area contributed by atoms with Gasteiger partial charge in [-0.25, -0.2) is 4.79 Å². The number of hydrogen-bond donors (Lipinski definition) is 4. The topological polar surface area (TPSA) is 117 Å². The third-order valence-electron chi connectivity index (χ3n) is 2.90. The van der Waals surface area contributed by atoms with E-state index in [0.717, 1.165) is 5.56 Å². The van der Waals surface area contributed by atoms with Gasteiger partial charge in [0, 0.05) is 5.69 Å². The van der Waals surface area contributed by atoms with Crippen LogP contribution in [0.5, 0.6) is 0 Å². The van der Waals surface area contributed by atoms with Crippen LogP contribution in [0.1, 0.15) is 32.8 Å². The van der Waals surface area contributed by atoms with Crippen LogP contribution < -0.4 is 16.0 Å². The first kappa shape index (κ1) is 24.1. The molecule has 0 radical (unpaired) electrons. The van der Waals surface area contributed by atoms with Crippen LogP contribution in [0.3, 0.4) is 0 Å². The summed E-state index contributed by atoms with van der Waals surface area (Å²) < 4.78 is 4.65. The molecule has 150 valence electrons. The van der Waals surface area contributed by atoms with Crippen molar-refractivity contribution >= 4 is 23.6 Å². The van der Waals surface area contributed by atoms with Crippen molar-refractivity contribution in [3.8, 4) is 0 Å². The summed E-state index contributed by atoms with van der Waals surface area (Å²) in [6.07, 6.45) is 1.91. The van der Waals surface area contributed by atoms with Crippen LogP contribution in [0.2, 0.25) is 0 Å². The summed E-state index contributed by atoms with van der Waals surface area (Å²) in [6.45, 7) is 8.81. The van der Waals surface area contributed by atoms with Crippen LogP contribution in [-0.4, -0.2) is 42.2 Å². The van der Waals surface area contributed by atoms with Crippen molar-refractivity contribution in [1.82, 2.24) is 10.6 Å². The van der Waals surface area contributed by atoms with E-state index < -0.39 is 23.9 Å². The molecule has 0 aliphatic rings. The molecular formula is C19H29N3O5. The van der Waals surface area contributed by atoms with E-state index in [0.29, 0.717) is 5.69 Å². The van der Waals surface area contributed by atoms with Crippen molar-refractivity contribution in [3.63, 3.8) is 0 Å². The molecule has 0 fully saturated rings. The molecule has 8 heteroatoms. The van der Waals surface area contributed by atoms with Crippen molar-refractivity contribution in [2.45, 2.75) is 39.8 Å². The van der Waals surface area contributed by atoms with Crippen LogP contribution in [-0.2, 0) is 20.9 Å². The van der Waals surface area contributed by atoms with Gasteiger partial charge in [0.1, 0.15) is 19.2 Å². The second-order valence-electron chi connectivity index (χ2n) is 5.58. The minimum Gasteiger partial charge on any atom is -0.445 e. The van der Waals surface area contributed by atoms with Gasteiger partial charge in [-0.2, -0.15) is 0 Å². The minimum absolute atomic E-state index is 0.0430. The Bertz CT molecular complexity index is 602. The molecule has 3 amide bonds. The number of aliphatic hydroxyl groups excluding tert-OH is 1. The van der Waals surface area contributed by atoms with Gasteiger partial charge in [0.2, 0.25) is 11.8 Å². The van der Waals surface area contributed by atoms with Crippen LogP contribution in [0, 0.1) is 0 Å². The van der Waals surface area contributed by atoms with E-state index in [1.54, 1.807) is 24.3 Å². The quantitative estimate of drug-likeness (QED) is 0.515. The maximum Gasteiger partial charge on any atom is 0.407 e. The molecule has 0 aliphatic carbocycles. The third kappa shape index (κ3) is 11.4. The predicted octanol–water partition coefficient (Wildman–Crippen LogP) is 1.95. The molecule has 27 heavy (non-hydrogen) atoms. The zero-order valence-electron chi connectivity index (χ0n) is 16.1. The summed E-state index contributed by atoms with van der Waals surface area (Å²) in [6, 6.07) is 5.86. The molecule has 8 nitrogen and oxygen atoms in total. The van der Waals surface area contributed by atoms with Gasteiger partial charge in [0.25, 0.3) is 0 Å². The number of amides is 3. The van der Waals surface area contributed by atoms with E-state index in [1.807, 2.05) is 0 Å². The Labute approximate surface area is 160 Å². The van der Waals surface area contributed by atoms with E-state index in [9.17, 15) is 14.4 Å². The lowest BCUT2D eigenvalue weighted by atomic mass is 10.2. The summed E-state index contributed by atoms with van der Waals surface area (Å²) >= 11 is 0. The van der Waals surface area contributed by atoms with Gasteiger partial charge >= 0.3 is 6.09 Å². The highest BCUT2D eigenvalue weighted by molar-refractivity contribution is 5.97. The highest BCUT2D eigenvalue weighted by atomic mass is 16.5. The van der Waals surface area contributed by atoms with E-state index in [4.69, 9.17) is 5.11 Å². The van der Waals surface area contributed by atoms with E-state index >= 15 is 0 Å². The Balaban J connectivity index is 0.00000210. The number of carbonyl (C=O) groups is 3. The number of rotatable bonds is 8. The highest BCUT2D eigenvalue weighted by Crippen LogP contribution is 2.09. The van der Waals surface area contributed by atoms with Gasteiger partial charge in [-0.3, -0.25) is 9.59 Å². The molecule has 0 bridgehead atoms. The smallest absolute Gasteiger partial charge is 0.407 e. The largest absolute Gasteiger partial charge is 0.445 e. The molecule has 0 aliphatic heterocycles. The number of nitrogens with one attached hydrogen (secondary N) is 3. The Morgan fingerprint density at radius 1 is 1.22 bits per heavy atom. The lowest BCUT2D eigenvalue weighted by molar-refractivity contribution is -0.125. The van der Waals surface area contributed by atoms with Gasteiger partial charge in [0.05, 0.1) is 6.61 Å². The summed E-state index contributed by atoms with van der Waals surface area (Å²) in [5.74, 6) is -0.932. The number of alkyl carbamates (subject to hydrolysis) is 1. The molecule has 0 saturated heterocycles. The Morgan fingerprint density at radius 3 is 2.33 bits per heavy atom. The van der Waals surface area contributed by atoms with Crippen LogP contribution in [0.15, 0.2) is 36.9 Å². The number of benzene rings is 1. The molecule has 4 N–H and O–H groups in total. The molecule has 0 saturated carbocycles. The molecular weight excluding hydrogens is 350 g/mol. The molecule has 0 heterocycles. The maximum atomic E-state index is 12.0. The van der Waals surface area contributed by atoms with Crippen molar-refractivity contribution in [2.75, 3.05) is 18.5 Å². The number of carbonyl (C=O) groups excluding carboxylic acids is 3. The van der Waals surface area contributed by atoms with Gasteiger partial charge < -0.3 is 25.8 Å². The molecule has 1 aromatic rings. The number of aliphatic hydroxyl groups is 1. The van der Waals surface area contributed by atoms with Crippen molar-refractivity contribution in [2.24, 2.45) is 0 Å². The van der Waals surface area contributed by atoms with E-state index in [1.165, 1.54) is 19.4 Å². The monoisotopic (exact) mass is 379 g/mol. The maximum absolute atomic E-state index is 12.0. The molecule has 1 atom stereocenters. The summed E-state index contributed by atoms with van der Waals surface area (Å²) in [4.78, 5) is 34.8. The molecule has 1 unspecified atom stereocenters. The number of anilines is 1. The number of hydrogen-bond acceptors (Lipinski definition) is 5. The molecule has 0 aromatic heterocycles. The van der Waals surface area contributed by atoms with Gasteiger partial charge in [-0.05, 0) is 24.6 Å². The van der Waals surface area contributed by atoms with Crippen LogP contribution in [0.4, 0.5) is 10.5 Å². The van der Waals surface area contributed by atoms with Crippen molar-refractivity contribution in [1.29, 1.82) is 0 Å². The fraction of sp³-hybridized carbons (Fsp3) is 0.421. The Hall–Kier alpha value is -2.87. The predicted molar refractivity (Wildman–Crippen MR) is 104 cm³/mol. The van der Waals surface area contributed by atoms with Gasteiger partial charge in [0.15, 0.2) is 0 Å². The second kappa shape index (κ2) is 14.3. The first-order chi connectivity index (χ1) is 12.9. The average molecular weight is 379 g/mol. The molecule has 1 aromatic carbocycles. The molecule has 1 rings (SSSR count). The zero-order valence-corrected chi connectivity index (χ0v) is 16.1. The lowest BCUT2D eigenvalue weighted by Gasteiger charge is -2.14. The fourth-order valence-electron chi connectivity index (χ4n) is 1.64. The number of ether oxygens (including phenoxy) is 1. The Kier molecular flexibility index (Phi) is 12.8. The summed E-state index contributed by atoms with van der Waals surface area (Å²) in [5.41, 5.74) is 1.27. The van der Waals surface area contributed by atoms with Gasteiger partial charge in [-0.1, -0.05) is 45.1 Å². The zero-order chi connectivity index (χ0) is 20.7. The van der Waals surface area contributed by atoms with Crippen molar-refractivity contribution in [3.05, 3.63) is 42.5 Å². The third-order valence-corrected chi connectivity index (χ3v) is 2.90. The first-order valence-corrected chi connectivity index (χ1v) is 8.69. The highest BCUT2D eigenvalue weighted by Gasteiger charge is 2.16. The van der Waals surface area contributed by atoms with Crippen LogP contribution >= 0.6 is 0 Å². The fourth-order valence-corrected chi connectivity index (χ4v) is 1.64.